The highest BCUT2D eigenvalue weighted by atomic mass is 35.5. The molecule has 0 aliphatic rings. The molecule has 0 saturated carbocycles. The number of hydrogen-bond donors (Lipinski definition) is 1. The van der Waals surface area contributed by atoms with Gasteiger partial charge in [0.2, 0.25) is 0 Å². The van der Waals surface area contributed by atoms with E-state index in [-0.39, 0.29) is 0 Å². The van der Waals surface area contributed by atoms with E-state index >= 15 is 0 Å². The standard InChI is InChI=1S/C15H15Cl2NO/c1-11-4-2-5-12(10-11)19-9-8-18-15-13(16)6-3-7-14(15)17/h2-7,10,18H,8-9H2,1H3. The third-order valence-corrected chi connectivity index (χ3v) is 3.25. The number of hydrogen-bond acceptors (Lipinski definition) is 2. The maximum atomic E-state index is 6.06. The molecule has 2 aromatic rings. The first-order chi connectivity index (χ1) is 9.16. The minimum absolute atomic E-state index is 0.547. The van der Waals surface area contributed by atoms with E-state index in [0.29, 0.717) is 23.2 Å². The van der Waals surface area contributed by atoms with Crippen LogP contribution in [0.1, 0.15) is 5.56 Å². The summed E-state index contributed by atoms with van der Waals surface area (Å²) in [5.74, 6) is 0.868. The van der Waals surface area contributed by atoms with Crippen molar-refractivity contribution in [1.82, 2.24) is 0 Å². The largest absolute Gasteiger partial charge is 0.492 e. The quantitative estimate of drug-likeness (QED) is 0.801. The third-order valence-electron chi connectivity index (χ3n) is 2.62. The Bertz CT molecular complexity index is 537. The molecule has 2 nitrogen and oxygen atoms in total. The Hall–Kier alpha value is -1.38. The Balaban J connectivity index is 1.84. The summed E-state index contributed by atoms with van der Waals surface area (Å²) in [6, 6.07) is 13.4. The predicted molar refractivity (Wildman–Crippen MR) is 81.6 cm³/mol. The van der Waals surface area contributed by atoms with Gasteiger partial charge in [-0.3, -0.25) is 0 Å². The molecule has 0 radical (unpaired) electrons. The van der Waals surface area contributed by atoms with Crippen LogP contribution in [0.5, 0.6) is 5.75 Å². The highest BCUT2D eigenvalue weighted by molar-refractivity contribution is 6.39. The molecule has 0 fully saturated rings. The van der Waals surface area contributed by atoms with Crippen molar-refractivity contribution in [2.45, 2.75) is 6.92 Å². The first-order valence-corrected chi connectivity index (χ1v) is 6.80. The van der Waals surface area contributed by atoms with Gasteiger partial charge in [-0.1, -0.05) is 41.4 Å². The van der Waals surface area contributed by atoms with Crippen molar-refractivity contribution in [2.75, 3.05) is 18.5 Å². The molecular formula is C15H15Cl2NO. The van der Waals surface area contributed by atoms with E-state index in [1.54, 1.807) is 12.1 Å². The molecule has 0 spiro atoms. The molecule has 0 aliphatic carbocycles. The van der Waals surface area contributed by atoms with Crippen LogP contribution in [0.15, 0.2) is 42.5 Å². The molecule has 2 rings (SSSR count). The fourth-order valence-electron chi connectivity index (χ4n) is 1.72. The van der Waals surface area contributed by atoms with E-state index in [9.17, 15) is 0 Å². The van der Waals surface area contributed by atoms with Crippen LogP contribution in [-0.4, -0.2) is 13.2 Å². The molecular weight excluding hydrogens is 281 g/mol. The van der Waals surface area contributed by atoms with Gasteiger partial charge in [0.25, 0.3) is 0 Å². The summed E-state index contributed by atoms with van der Waals surface area (Å²) >= 11 is 12.1. The Labute approximate surface area is 123 Å². The number of nitrogens with one attached hydrogen (secondary N) is 1. The number of ether oxygens (including phenoxy) is 1. The van der Waals surface area contributed by atoms with Gasteiger partial charge < -0.3 is 10.1 Å². The molecule has 100 valence electrons. The number of rotatable bonds is 5. The van der Waals surface area contributed by atoms with Gasteiger partial charge in [-0.2, -0.15) is 0 Å². The molecule has 0 saturated heterocycles. The highest BCUT2D eigenvalue weighted by Crippen LogP contribution is 2.29. The summed E-state index contributed by atoms with van der Waals surface area (Å²) in [4.78, 5) is 0. The molecule has 0 aromatic heterocycles. The zero-order chi connectivity index (χ0) is 13.7. The Morgan fingerprint density at radius 1 is 1.05 bits per heavy atom. The van der Waals surface area contributed by atoms with Gasteiger partial charge >= 0.3 is 0 Å². The monoisotopic (exact) mass is 295 g/mol. The molecule has 4 heteroatoms. The first-order valence-electron chi connectivity index (χ1n) is 6.04. The van der Waals surface area contributed by atoms with Gasteiger partial charge in [-0.05, 0) is 36.8 Å². The molecule has 0 bridgehead atoms. The summed E-state index contributed by atoms with van der Waals surface area (Å²) in [6.07, 6.45) is 0. The lowest BCUT2D eigenvalue weighted by molar-refractivity contribution is 0.332. The summed E-state index contributed by atoms with van der Waals surface area (Å²) in [5.41, 5.74) is 1.93. The van der Waals surface area contributed by atoms with Crippen molar-refractivity contribution in [2.24, 2.45) is 0 Å². The minimum Gasteiger partial charge on any atom is -0.492 e. The lowest BCUT2D eigenvalue weighted by Crippen LogP contribution is -2.12. The molecule has 19 heavy (non-hydrogen) atoms. The Kier molecular flexibility index (Phi) is 4.94. The second-order valence-corrected chi connectivity index (χ2v) is 5.00. The van der Waals surface area contributed by atoms with Crippen molar-refractivity contribution in [3.05, 3.63) is 58.1 Å². The molecule has 2 aromatic carbocycles. The van der Waals surface area contributed by atoms with Crippen molar-refractivity contribution < 1.29 is 4.74 Å². The van der Waals surface area contributed by atoms with E-state index < -0.39 is 0 Å². The van der Waals surface area contributed by atoms with Gasteiger partial charge in [0.05, 0.1) is 15.7 Å². The van der Waals surface area contributed by atoms with E-state index in [2.05, 4.69) is 5.32 Å². The topological polar surface area (TPSA) is 21.3 Å². The van der Waals surface area contributed by atoms with Gasteiger partial charge in [-0.25, -0.2) is 0 Å². The average molecular weight is 296 g/mol. The zero-order valence-corrected chi connectivity index (χ0v) is 12.1. The summed E-state index contributed by atoms with van der Waals surface area (Å²) in [6.45, 7) is 3.22. The SMILES string of the molecule is Cc1cccc(OCCNc2c(Cl)cccc2Cl)c1. The van der Waals surface area contributed by atoms with Crippen LogP contribution in [0.3, 0.4) is 0 Å². The van der Waals surface area contributed by atoms with Crippen LogP contribution in [0.2, 0.25) is 10.0 Å². The average Bonchev–Trinajstić information content (AvgIpc) is 2.37. The van der Waals surface area contributed by atoms with Crippen LogP contribution in [0.25, 0.3) is 0 Å². The zero-order valence-electron chi connectivity index (χ0n) is 10.6. The summed E-state index contributed by atoms with van der Waals surface area (Å²) in [5, 5.41) is 4.41. The van der Waals surface area contributed by atoms with Gasteiger partial charge in [0.1, 0.15) is 12.4 Å². The molecule has 0 aliphatic heterocycles. The number of para-hydroxylation sites is 1. The van der Waals surface area contributed by atoms with Crippen LogP contribution < -0.4 is 10.1 Å². The number of halogens is 2. The summed E-state index contributed by atoms with van der Waals surface area (Å²) in [7, 11) is 0. The fraction of sp³-hybridized carbons (Fsp3) is 0.200. The van der Waals surface area contributed by atoms with E-state index in [0.717, 1.165) is 11.4 Å². The summed E-state index contributed by atoms with van der Waals surface area (Å²) < 4.78 is 5.64. The van der Waals surface area contributed by atoms with Crippen LogP contribution in [-0.2, 0) is 0 Å². The third kappa shape index (κ3) is 4.05. The molecule has 0 atom stereocenters. The smallest absolute Gasteiger partial charge is 0.119 e. The molecule has 0 unspecified atom stereocenters. The molecule has 1 N–H and O–H groups in total. The second-order valence-electron chi connectivity index (χ2n) is 4.19. The molecule has 0 amide bonds. The molecule has 0 heterocycles. The lowest BCUT2D eigenvalue weighted by Gasteiger charge is -2.11. The van der Waals surface area contributed by atoms with E-state index in [4.69, 9.17) is 27.9 Å². The van der Waals surface area contributed by atoms with E-state index in [1.807, 2.05) is 37.3 Å². The minimum atomic E-state index is 0.547. The number of anilines is 1. The number of benzene rings is 2. The first kappa shape index (κ1) is 14.0. The second kappa shape index (κ2) is 6.69. The van der Waals surface area contributed by atoms with Crippen LogP contribution in [0.4, 0.5) is 5.69 Å². The Morgan fingerprint density at radius 2 is 1.74 bits per heavy atom. The van der Waals surface area contributed by atoms with Crippen molar-refractivity contribution in [3.63, 3.8) is 0 Å². The number of aryl methyl sites for hydroxylation is 1. The van der Waals surface area contributed by atoms with Crippen LogP contribution >= 0.6 is 23.2 Å². The van der Waals surface area contributed by atoms with Crippen molar-refractivity contribution >= 4 is 28.9 Å². The normalized spacial score (nSPS) is 10.3. The van der Waals surface area contributed by atoms with Gasteiger partial charge in [0, 0.05) is 6.54 Å². The Morgan fingerprint density at radius 3 is 2.42 bits per heavy atom. The lowest BCUT2D eigenvalue weighted by atomic mass is 10.2. The van der Waals surface area contributed by atoms with Gasteiger partial charge in [0.15, 0.2) is 0 Å². The van der Waals surface area contributed by atoms with Crippen molar-refractivity contribution in [3.8, 4) is 5.75 Å². The highest BCUT2D eigenvalue weighted by Gasteiger charge is 2.04. The predicted octanol–water partition coefficient (Wildman–Crippen LogP) is 4.79. The maximum absolute atomic E-state index is 6.06. The van der Waals surface area contributed by atoms with Crippen molar-refractivity contribution in [1.29, 1.82) is 0 Å². The fourth-order valence-corrected chi connectivity index (χ4v) is 2.25. The van der Waals surface area contributed by atoms with Gasteiger partial charge in [-0.15, -0.1) is 0 Å². The maximum Gasteiger partial charge on any atom is 0.119 e. The van der Waals surface area contributed by atoms with E-state index in [1.165, 1.54) is 5.56 Å². The van der Waals surface area contributed by atoms with Crippen LogP contribution in [0, 0.1) is 6.92 Å².